The monoisotopic (exact) mass is 326 g/mol. The van der Waals surface area contributed by atoms with Gasteiger partial charge in [0.05, 0.1) is 0 Å². The first-order chi connectivity index (χ1) is 10.4. The van der Waals surface area contributed by atoms with Gasteiger partial charge in [-0.1, -0.05) is 37.6 Å². The Labute approximate surface area is 136 Å². The Kier molecular flexibility index (Phi) is 7.91. The summed E-state index contributed by atoms with van der Waals surface area (Å²) in [5, 5.41) is 7.53. The first kappa shape index (κ1) is 18.5. The fourth-order valence-electron chi connectivity index (χ4n) is 1.91. The van der Waals surface area contributed by atoms with Gasteiger partial charge < -0.3 is 10.6 Å². The molecule has 0 heterocycles. The van der Waals surface area contributed by atoms with E-state index in [-0.39, 0.29) is 18.5 Å². The maximum atomic E-state index is 11.7. The van der Waals surface area contributed by atoms with Crippen LogP contribution < -0.4 is 16.0 Å². The van der Waals surface area contributed by atoms with Crippen LogP contribution in [-0.4, -0.2) is 25.0 Å². The standard InChI is InChI=1S/C16H24ClN3O2/c1-11(2)7-8-18-16(22)20-15(21)10-19-12(3)13-5-4-6-14(17)9-13/h4-6,9,11-12,19H,7-8,10H2,1-3H3,(H2,18,20,21,22)/p+1/t12-/m1/s1. The minimum atomic E-state index is -0.436. The Balaban J connectivity index is 2.29. The van der Waals surface area contributed by atoms with Crippen LogP contribution in [0.3, 0.4) is 0 Å². The van der Waals surface area contributed by atoms with E-state index in [2.05, 4.69) is 24.5 Å². The highest BCUT2D eigenvalue weighted by atomic mass is 35.5. The molecule has 1 aromatic carbocycles. The zero-order chi connectivity index (χ0) is 16.5. The topological polar surface area (TPSA) is 74.8 Å². The zero-order valence-electron chi connectivity index (χ0n) is 13.4. The Bertz CT molecular complexity index is 506. The van der Waals surface area contributed by atoms with Crippen LogP contribution in [-0.2, 0) is 4.79 Å². The number of benzene rings is 1. The zero-order valence-corrected chi connectivity index (χ0v) is 14.1. The van der Waals surface area contributed by atoms with Gasteiger partial charge in [-0.15, -0.1) is 0 Å². The van der Waals surface area contributed by atoms with Crippen molar-refractivity contribution < 1.29 is 14.9 Å². The van der Waals surface area contributed by atoms with Gasteiger partial charge in [0.25, 0.3) is 5.91 Å². The van der Waals surface area contributed by atoms with Crippen molar-refractivity contribution >= 4 is 23.5 Å². The van der Waals surface area contributed by atoms with Crippen LogP contribution in [0.4, 0.5) is 4.79 Å². The van der Waals surface area contributed by atoms with Crippen molar-refractivity contribution in [3.05, 3.63) is 34.9 Å². The smallest absolute Gasteiger partial charge is 0.321 e. The minimum absolute atomic E-state index is 0.0912. The molecule has 0 aromatic heterocycles. The van der Waals surface area contributed by atoms with Gasteiger partial charge in [-0.05, 0) is 31.4 Å². The lowest BCUT2D eigenvalue weighted by molar-refractivity contribution is -0.682. The van der Waals surface area contributed by atoms with Crippen LogP contribution in [0.25, 0.3) is 0 Å². The highest BCUT2D eigenvalue weighted by Gasteiger charge is 2.13. The van der Waals surface area contributed by atoms with Gasteiger partial charge in [0.2, 0.25) is 0 Å². The third kappa shape index (κ3) is 7.43. The molecule has 0 aliphatic heterocycles. The van der Waals surface area contributed by atoms with Crippen molar-refractivity contribution in [3.8, 4) is 0 Å². The highest BCUT2D eigenvalue weighted by molar-refractivity contribution is 6.30. The molecular formula is C16H25ClN3O2+. The molecule has 1 atom stereocenters. The van der Waals surface area contributed by atoms with Crippen LogP contribution in [0.2, 0.25) is 5.02 Å². The number of hydrogen-bond acceptors (Lipinski definition) is 2. The fourth-order valence-corrected chi connectivity index (χ4v) is 2.10. The van der Waals surface area contributed by atoms with E-state index in [9.17, 15) is 9.59 Å². The van der Waals surface area contributed by atoms with Gasteiger partial charge in [-0.2, -0.15) is 0 Å². The van der Waals surface area contributed by atoms with Gasteiger partial charge in [0.1, 0.15) is 6.04 Å². The molecule has 0 aliphatic carbocycles. The van der Waals surface area contributed by atoms with E-state index in [4.69, 9.17) is 11.6 Å². The number of nitrogens with one attached hydrogen (secondary N) is 2. The summed E-state index contributed by atoms with van der Waals surface area (Å²) in [6.45, 7) is 6.90. The maximum Gasteiger partial charge on any atom is 0.321 e. The molecule has 1 rings (SSSR count). The summed E-state index contributed by atoms with van der Waals surface area (Å²) in [7, 11) is 0. The first-order valence-electron chi connectivity index (χ1n) is 7.55. The van der Waals surface area contributed by atoms with Crippen LogP contribution >= 0.6 is 11.6 Å². The average Bonchev–Trinajstić information content (AvgIpc) is 2.44. The number of urea groups is 1. The summed E-state index contributed by atoms with van der Waals surface area (Å²) in [6.07, 6.45) is 0.888. The van der Waals surface area contributed by atoms with E-state index in [1.165, 1.54) is 0 Å². The van der Waals surface area contributed by atoms with Crippen molar-refractivity contribution in [3.63, 3.8) is 0 Å². The van der Waals surface area contributed by atoms with Gasteiger partial charge in [0, 0.05) is 17.1 Å². The summed E-state index contributed by atoms with van der Waals surface area (Å²) in [4.78, 5) is 23.2. The molecular weight excluding hydrogens is 302 g/mol. The number of carbonyl (C=O) groups excluding carboxylic acids is 2. The Morgan fingerprint density at radius 2 is 2.00 bits per heavy atom. The van der Waals surface area contributed by atoms with Crippen LogP contribution in [0.5, 0.6) is 0 Å². The average molecular weight is 327 g/mol. The number of imide groups is 1. The Morgan fingerprint density at radius 3 is 2.64 bits per heavy atom. The van der Waals surface area contributed by atoms with Gasteiger partial charge >= 0.3 is 6.03 Å². The molecule has 22 heavy (non-hydrogen) atoms. The second kappa shape index (κ2) is 9.43. The maximum absolute atomic E-state index is 11.7. The fraction of sp³-hybridized carbons (Fsp3) is 0.500. The lowest BCUT2D eigenvalue weighted by Gasteiger charge is -2.11. The van der Waals surface area contributed by atoms with E-state index < -0.39 is 6.03 Å². The molecule has 0 saturated carbocycles. The third-order valence-electron chi connectivity index (χ3n) is 3.29. The molecule has 0 saturated heterocycles. The summed E-state index contributed by atoms with van der Waals surface area (Å²) < 4.78 is 0. The first-order valence-corrected chi connectivity index (χ1v) is 7.92. The molecule has 0 spiro atoms. The van der Waals surface area contributed by atoms with E-state index in [1.54, 1.807) is 0 Å². The molecule has 122 valence electrons. The minimum Gasteiger partial charge on any atom is -0.338 e. The van der Waals surface area contributed by atoms with Crippen LogP contribution in [0.15, 0.2) is 24.3 Å². The van der Waals surface area contributed by atoms with E-state index in [1.807, 2.05) is 36.5 Å². The predicted molar refractivity (Wildman–Crippen MR) is 87.7 cm³/mol. The quantitative estimate of drug-likeness (QED) is 0.715. The van der Waals surface area contributed by atoms with Gasteiger partial charge in [0.15, 0.2) is 6.54 Å². The molecule has 3 amide bonds. The van der Waals surface area contributed by atoms with Crippen molar-refractivity contribution in [2.45, 2.75) is 33.2 Å². The molecule has 1 aromatic rings. The number of amides is 3. The molecule has 0 fully saturated rings. The van der Waals surface area contributed by atoms with Gasteiger partial charge in [-0.25, -0.2) is 4.79 Å². The van der Waals surface area contributed by atoms with E-state index in [0.717, 1.165) is 12.0 Å². The number of hydrogen-bond donors (Lipinski definition) is 3. The van der Waals surface area contributed by atoms with Crippen molar-refractivity contribution in [1.29, 1.82) is 0 Å². The van der Waals surface area contributed by atoms with Crippen LogP contribution in [0.1, 0.15) is 38.8 Å². The molecule has 5 nitrogen and oxygen atoms in total. The van der Waals surface area contributed by atoms with Gasteiger partial charge in [-0.3, -0.25) is 10.1 Å². The molecule has 0 bridgehead atoms. The Morgan fingerprint density at radius 1 is 1.27 bits per heavy atom. The number of nitrogens with two attached hydrogens (primary N) is 1. The number of halogens is 1. The number of quaternary nitrogens is 1. The van der Waals surface area contributed by atoms with Crippen molar-refractivity contribution in [2.24, 2.45) is 5.92 Å². The second-order valence-corrected chi connectivity index (χ2v) is 6.21. The molecule has 0 aliphatic rings. The molecule has 4 N–H and O–H groups in total. The van der Waals surface area contributed by atoms with Crippen molar-refractivity contribution in [2.75, 3.05) is 13.1 Å². The summed E-state index contributed by atoms with van der Waals surface area (Å²) in [6, 6.07) is 7.18. The summed E-state index contributed by atoms with van der Waals surface area (Å²) in [5.74, 6) is 0.207. The molecule has 6 heteroatoms. The normalized spacial score (nSPS) is 12.0. The number of rotatable bonds is 7. The lowest BCUT2D eigenvalue weighted by Crippen LogP contribution is -2.87. The lowest BCUT2D eigenvalue weighted by atomic mass is 10.1. The number of carbonyl (C=O) groups is 2. The third-order valence-corrected chi connectivity index (χ3v) is 3.53. The van der Waals surface area contributed by atoms with E-state index in [0.29, 0.717) is 17.5 Å². The van der Waals surface area contributed by atoms with Crippen molar-refractivity contribution in [1.82, 2.24) is 10.6 Å². The molecule has 0 unspecified atom stereocenters. The largest absolute Gasteiger partial charge is 0.338 e. The highest BCUT2D eigenvalue weighted by Crippen LogP contribution is 2.14. The summed E-state index contributed by atoms with van der Waals surface area (Å²) >= 11 is 5.95. The second-order valence-electron chi connectivity index (χ2n) is 5.77. The van der Waals surface area contributed by atoms with E-state index >= 15 is 0 Å². The SMILES string of the molecule is CC(C)CCNC(=O)NC(=O)C[NH2+][C@H](C)c1cccc(Cl)c1. The predicted octanol–water partition coefficient (Wildman–Crippen LogP) is 1.84. The summed E-state index contributed by atoms with van der Waals surface area (Å²) in [5.41, 5.74) is 1.04. The van der Waals surface area contributed by atoms with Crippen LogP contribution in [0, 0.1) is 5.92 Å². The molecule has 0 radical (unpaired) electrons. The Hall–Kier alpha value is -1.59.